The van der Waals surface area contributed by atoms with Gasteiger partial charge in [0.15, 0.2) is 0 Å². The molecule has 0 bridgehead atoms. The fourth-order valence-electron chi connectivity index (χ4n) is 2.11. The van der Waals surface area contributed by atoms with Gasteiger partial charge in [-0.3, -0.25) is 14.9 Å². The molecule has 2 amide bonds. The van der Waals surface area contributed by atoms with Gasteiger partial charge in [0.05, 0.1) is 16.2 Å². The van der Waals surface area contributed by atoms with Gasteiger partial charge < -0.3 is 20.1 Å². The van der Waals surface area contributed by atoms with Gasteiger partial charge in [-0.05, 0) is 29.8 Å². The number of hydrogen-bond acceptors (Lipinski definition) is 7. The van der Waals surface area contributed by atoms with E-state index in [0.717, 1.165) is 0 Å². The monoisotopic (exact) mass is 386 g/mol. The van der Waals surface area contributed by atoms with Crippen molar-refractivity contribution in [2.45, 2.75) is 6.61 Å². The maximum Gasteiger partial charge on any atom is 0.407 e. The van der Waals surface area contributed by atoms with Gasteiger partial charge in [0.2, 0.25) is 5.91 Å². The third kappa shape index (κ3) is 5.80. The van der Waals surface area contributed by atoms with Crippen molar-refractivity contribution in [3.63, 3.8) is 0 Å². The molecule has 10 heteroatoms. The number of para-hydroxylation sites is 1. The van der Waals surface area contributed by atoms with Crippen LogP contribution in [0.3, 0.4) is 0 Å². The minimum absolute atomic E-state index is 0.0760. The lowest BCUT2D eigenvalue weighted by Crippen LogP contribution is -2.33. The molecule has 2 aromatic carbocycles. The molecule has 145 valence electrons. The SMILES string of the molecule is [CH2]OC(=O)c1ccccc1NC(=O)CNC(=O)OCc1ccc([N+](=O)[O-])cc1. The fraction of sp³-hybridized carbons (Fsp3) is 0.111. The van der Waals surface area contributed by atoms with Crippen LogP contribution >= 0.6 is 0 Å². The summed E-state index contributed by atoms with van der Waals surface area (Å²) < 4.78 is 9.31. The molecular formula is C18H16N3O7. The third-order valence-corrected chi connectivity index (χ3v) is 3.46. The van der Waals surface area contributed by atoms with Crippen LogP contribution in [0.2, 0.25) is 0 Å². The molecule has 0 atom stereocenters. The number of non-ortho nitro benzene ring substituents is 1. The number of carbonyl (C=O) groups is 3. The number of rotatable bonds is 7. The Balaban J connectivity index is 1.80. The van der Waals surface area contributed by atoms with E-state index in [1.165, 1.54) is 36.4 Å². The van der Waals surface area contributed by atoms with E-state index in [4.69, 9.17) is 4.74 Å². The maximum atomic E-state index is 11.9. The van der Waals surface area contributed by atoms with E-state index in [2.05, 4.69) is 22.5 Å². The number of ether oxygens (including phenoxy) is 2. The average Bonchev–Trinajstić information content (AvgIpc) is 2.70. The molecule has 0 unspecified atom stereocenters. The van der Waals surface area contributed by atoms with Crippen LogP contribution in [0.1, 0.15) is 15.9 Å². The first-order valence-corrected chi connectivity index (χ1v) is 7.90. The highest BCUT2D eigenvalue weighted by Gasteiger charge is 2.14. The van der Waals surface area contributed by atoms with Crippen molar-refractivity contribution in [1.82, 2.24) is 5.32 Å². The lowest BCUT2D eigenvalue weighted by atomic mass is 10.2. The number of nitrogens with zero attached hydrogens (tertiary/aromatic N) is 1. The van der Waals surface area contributed by atoms with Gasteiger partial charge in [-0.2, -0.15) is 0 Å². The second-order valence-corrected chi connectivity index (χ2v) is 5.38. The summed E-state index contributed by atoms with van der Waals surface area (Å²) in [6, 6.07) is 11.6. The summed E-state index contributed by atoms with van der Waals surface area (Å²) in [6.45, 7) is -0.517. The minimum Gasteiger partial charge on any atom is -0.458 e. The van der Waals surface area contributed by atoms with Crippen LogP contribution in [0, 0.1) is 17.2 Å². The van der Waals surface area contributed by atoms with Gasteiger partial charge in [-0.1, -0.05) is 12.1 Å². The maximum absolute atomic E-state index is 11.9. The number of anilines is 1. The summed E-state index contributed by atoms with van der Waals surface area (Å²) in [7, 11) is 3.03. The molecule has 0 fully saturated rings. The Kier molecular flexibility index (Phi) is 7.03. The quantitative estimate of drug-likeness (QED) is 0.423. The lowest BCUT2D eigenvalue weighted by molar-refractivity contribution is -0.384. The van der Waals surface area contributed by atoms with E-state index in [0.29, 0.717) is 5.56 Å². The highest BCUT2D eigenvalue weighted by atomic mass is 16.6. The second-order valence-electron chi connectivity index (χ2n) is 5.38. The van der Waals surface area contributed by atoms with Crippen molar-refractivity contribution in [1.29, 1.82) is 0 Å². The summed E-state index contributed by atoms with van der Waals surface area (Å²) in [4.78, 5) is 45.2. The molecule has 0 aliphatic heterocycles. The number of carbonyl (C=O) groups excluding carboxylic acids is 3. The topological polar surface area (TPSA) is 137 Å². The van der Waals surface area contributed by atoms with Crippen molar-refractivity contribution in [2.24, 2.45) is 0 Å². The molecule has 1 radical (unpaired) electrons. The van der Waals surface area contributed by atoms with Crippen LogP contribution in [0.25, 0.3) is 0 Å². The summed E-state index contributed by atoms with van der Waals surface area (Å²) in [5.41, 5.74) is 0.799. The number of nitro benzene ring substituents is 1. The number of hydrogen-bond donors (Lipinski definition) is 2. The van der Waals surface area contributed by atoms with Gasteiger partial charge in [-0.15, -0.1) is 0 Å². The van der Waals surface area contributed by atoms with E-state index in [9.17, 15) is 24.5 Å². The molecule has 0 aliphatic carbocycles. The van der Waals surface area contributed by atoms with Crippen LogP contribution in [0.5, 0.6) is 0 Å². The molecule has 0 aliphatic rings. The highest BCUT2D eigenvalue weighted by Crippen LogP contribution is 2.16. The summed E-state index contributed by atoms with van der Waals surface area (Å²) in [5, 5.41) is 15.3. The van der Waals surface area contributed by atoms with Crippen LogP contribution < -0.4 is 10.6 Å². The number of benzene rings is 2. The molecule has 0 spiro atoms. The molecule has 0 saturated heterocycles. The van der Waals surface area contributed by atoms with Crippen LogP contribution in [-0.2, 0) is 20.9 Å². The Hall–Kier alpha value is -3.95. The Morgan fingerprint density at radius 1 is 1.07 bits per heavy atom. The number of amides is 2. The molecule has 2 N–H and O–H groups in total. The van der Waals surface area contributed by atoms with E-state index < -0.39 is 29.4 Å². The molecule has 0 heterocycles. The van der Waals surface area contributed by atoms with Gasteiger partial charge >= 0.3 is 12.1 Å². The van der Waals surface area contributed by atoms with Crippen LogP contribution in [-0.4, -0.2) is 29.4 Å². The van der Waals surface area contributed by atoms with Gasteiger partial charge in [0.25, 0.3) is 5.69 Å². The predicted octanol–water partition coefficient (Wildman–Crippen LogP) is 2.41. The molecule has 0 aromatic heterocycles. The molecular weight excluding hydrogens is 370 g/mol. The number of nitro groups is 1. The predicted molar refractivity (Wildman–Crippen MR) is 97.1 cm³/mol. The van der Waals surface area contributed by atoms with Gasteiger partial charge in [0, 0.05) is 12.1 Å². The first kappa shape index (κ1) is 20.4. The third-order valence-electron chi connectivity index (χ3n) is 3.46. The van der Waals surface area contributed by atoms with Crippen LogP contribution in [0.15, 0.2) is 48.5 Å². The average molecular weight is 386 g/mol. The molecule has 10 nitrogen and oxygen atoms in total. The molecule has 28 heavy (non-hydrogen) atoms. The van der Waals surface area contributed by atoms with Crippen molar-refractivity contribution in [3.8, 4) is 0 Å². The highest BCUT2D eigenvalue weighted by molar-refractivity contribution is 6.02. The Labute approximate surface area is 159 Å². The van der Waals surface area contributed by atoms with Crippen LogP contribution in [0.4, 0.5) is 16.2 Å². The zero-order chi connectivity index (χ0) is 20.5. The fourth-order valence-corrected chi connectivity index (χ4v) is 2.11. The van der Waals surface area contributed by atoms with Gasteiger partial charge in [0.1, 0.15) is 20.3 Å². The number of nitrogens with one attached hydrogen (secondary N) is 2. The standard InChI is InChI=1S/C18H16N3O7/c1-27-17(23)14-4-2-3-5-15(14)20-16(22)10-19-18(24)28-11-12-6-8-13(9-7-12)21(25)26/h2-9H,1,10-11H2,(H,19,24)(H,20,22). The Morgan fingerprint density at radius 2 is 1.75 bits per heavy atom. The summed E-state index contributed by atoms with van der Waals surface area (Å²) in [6.07, 6.45) is -0.848. The zero-order valence-electron chi connectivity index (χ0n) is 14.5. The second kappa shape index (κ2) is 9.67. The van der Waals surface area contributed by atoms with Crippen molar-refractivity contribution in [3.05, 3.63) is 76.9 Å². The summed E-state index contributed by atoms with van der Waals surface area (Å²) in [5.74, 6) is -1.30. The zero-order valence-corrected chi connectivity index (χ0v) is 14.5. The van der Waals surface area contributed by atoms with Crippen molar-refractivity contribution in [2.75, 3.05) is 11.9 Å². The smallest absolute Gasteiger partial charge is 0.407 e. The molecule has 2 aromatic rings. The lowest BCUT2D eigenvalue weighted by Gasteiger charge is -2.10. The van der Waals surface area contributed by atoms with E-state index in [1.807, 2.05) is 0 Å². The van der Waals surface area contributed by atoms with Gasteiger partial charge in [-0.25, -0.2) is 9.59 Å². The van der Waals surface area contributed by atoms with E-state index >= 15 is 0 Å². The Bertz CT molecular complexity index is 881. The minimum atomic E-state index is -0.848. The Morgan fingerprint density at radius 3 is 2.39 bits per heavy atom. The molecule has 0 saturated carbocycles. The largest absolute Gasteiger partial charge is 0.458 e. The number of esters is 1. The van der Waals surface area contributed by atoms with E-state index in [1.54, 1.807) is 12.1 Å². The number of alkyl carbamates (subject to hydrolysis) is 1. The normalized spacial score (nSPS) is 9.89. The van der Waals surface area contributed by atoms with Crippen molar-refractivity contribution < 1.29 is 28.8 Å². The first-order chi connectivity index (χ1) is 13.4. The van der Waals surface area contributed by atoms with E-state index in [-0.39, 0.29) is 23.5 Å². The first-order valence-electron chi connectivity index (χ1n) is 7.90. The van der Waals surface area contributed by atoms with Crippen molar-refractivity contribution >= 4 is 29.3 Å². The molecule has 2 rings (SSSR count). The summed E-state index contributed by atoms with van der Waals surface area (Å²) >= 11 is 0.